The molecule has 0 saturated carbocycles. The highest BCUT2D eigenvalue weighted by Crippen LogP contribution is 2.21. The number of hydrogen-bond acceptors (Lipinski definition) is 2. The minimum absolute atomic E-state index is 0.129. The van der Waals surface area contributed by atoms with Gasteiger partial charge in [-0.1, -0.05) is 26.0 Å². The molecule has 0 saturated heterocycles. The second-order valence-corrected chi connectivity index (χ2v) is 5.21. The van der Waals surface area contributed by atoms with Crippen LogP contribution in [0.2, 0.25) is 0 Å². The first kappa shape index (κ1) is 14.4. The molecule has 0 radical (unpaired) electrons. The minimum atomic E-state index is -0.129. The topological polar surface area (TPSA) is 42.2 Å². The number of rotatable bonds is 4. The highest BCUT2D eigenvalue weighted by atomic mass is 16.3. The monoisotopic (exact) mass is 271 g/mol. The van der Waals surface area contributed by atoms with Gasteiger partial charge < -0.3 is 9.73 Å². The van der Waals surface area contributed by atoms with Gasteiger partial charge >= 0.3 is 0 Å². The molecule has 3 nitrogen and oxygen atoms in total. The van der Waals surface area contributed by atoms with Gasteiger partial charge in [-0.3, -0.25) is 4.79 Å². The Kier molecular flexibility index (Phi) is 4.28. The average molecular weight is 271 g/mol. The maximum atomic E-state index is 12.2. The van der Waals surface area contributed by atoms with Gasteiger partial charge in [0, 0.05) is 5.69 Å². The summed E-state index contributed by atoms with van der Waals surface area (Å²) in [6, 6.07) is 9.79. The van der Waals surface area contributed by atoms with E-state index in [4.69, 9.17) is 4.42 Å². The van der Waals surface area contributed by atoms with E-state index in [1.54, 1.807) is 13.0 Å². The van der Waals surface area contributed by atoms with Gasteiger partial charge in [-0.05, 0) is 49.9 Å². The number of furan rings is 1. The lowest BCUT2D eigenvalue weighted by Crippen LogP contribution is -2.12. The van der Waals surface area contributed by atoms with Crippen LogP contribution in [0.15, 0.2) is 34.7 Å². The highest BCUT2D eigenvalue weighted by molar-refractivity contribution is 6.05. The molecular weight excluding hydrogens is 250 g/mol. The van der Waals surface area contributed by atoms with Crippen LogP contribution >= 0.6 is 0 Å². The number of anilines is 1. The summed E-state index contributed by atoms with van der Waals surface area (Å²) in [6.07, 6.45) is 1.11. The molecule has 0 fully saturated rings. The fourth-order valence-electron chi connectivity index (χ4n) is 2.19. The SMILES string of the molecule is CCC(C)c1ccc(NC(=O)c2cc(C)oc2C)cc1. The van der Waals surface area contributed by atoms with E-state index in [1.807, 2.05) is 19.1 Å². The van der Waals surface area contributed by atoms with Crippen LogP contribution in [0.1, 0.15) is 53.6 Å². The van der Waals surface area contributed by atoms with E-state index in [-0.39, 0.29) is 5.91 Å². The molecule has 106 valence electrons. The lowest BCUT2D eigenvalue weighted by Gasteiger charge is -2.10. The lowest BCUT2D eigenvalue weighted by atomic mass is 9.98. The summed E-state index contributed by atoms with van der Waals surface area (Å²) in [5, 5.41) is 2.90. The summed E-state index contributed by atoms with van der Waals surface area (Å²) in [5.74, 6) is 1.81. The smallest absolute Gasteiger partial charge is 0.259 e. The Bertz CT molecular complexity index is 596. The fourth-order valence-corrected chi connectivity index (χ4v) is 2.19. The Balaban J connectivity index is 2.10. The van der Waals surface area contributed by atoms with Crippen LogP contribution in [0, 0.1) is 13.8 Å². The van der Waals surface area contributed by atoms with Crippen molar-refractivity contribution in [1.82, 2.24) is 0 Å². The Morgan fingerprint density at radius 3 is 2.40 bits per heavy atom. The molecular formula is C17H21NO2. The van der Waals surface area contributed by atoms with E-state index in [9.17, 15) is 4.79 Å². The third kappa shape index (κ3) is 3.10. The predicted octanol–water partition coefficient (Wildman–Crippen LogP) is 4.66. The van der Waals surface area contributed by atoms with E-state index in [0.29, 0.717) is 17.2 Å². The number of amides is 1. The number of carbonyl (C=O) groups excluding carboxylic acids is 1. The summed E-state index contributed by atoms with van der Waals surface area (Å²) >= 11 is 0. The molecule has 0 aliphatic rings. The molecule has 1 atom stereocenters. The molecule has 1 heterocycles. The van der Waals surface area contributed by atoms with Crippen molar-refractivity contribution in [3.05, 3.63) is 53.0 Å². The zero-order valence-corrected chi connectivity index (χ0v) is 12.5. The maximum absolute atomic E-state index is 12.2. The van der Waals surface area contributed by atoms with Crippen LogP contribution in [0.4, 0.5) is 5.69 Å². The Hall–Kier alpha value is -2.03. The molecule has 0 bridgehead atoms. The molecule has 0 aliphatic carbocycles. The third-order valence-corrected chi connectivity index (χ3v) is 3.64. The second-order valence-electron chi connectivity index (χ2n) is 5.21. The lowest BCUT2D eigenvalue weighted by molar-refractivity contribution is 0.102. The quantitative estimate of drug-likeness (QED) is 0.878. The Morgan fingerprint density at radius 2 is 1.90 bits per heavy atom. The normalized spacial score (nSPS) is 12.2. The zero-order valence-electron chi connectivity index (χ0n) is 12.5. The molecule has 3 heteroatoms. The molecule has 0 spiro atoms. The number of carbonyl (C=O) groups is 1. The third-order valence-electron chi connectivity index (χ3n) is 3.64. The summed E-state index contributed by atoms with van der Waals surface area (Å²) in [7, 11) is 0. The van der Waals surface area contributed by atoms with Crippen molar-refractivity contribution in [2.24, 2.45) is 0 Å². The first-order valence-corrected chi connectivity index (χ1v) is 6.99. The van der Waals surface area contributed by atoms with Crippen molar-refractivity contribution in [2.75, 3.05) is 5.32 Å². The molecule has 1 N–H and O–H groups in total. The van der Waals surface area contributed by atoms with Gasteiger partial charge in [0.2, 0.25) is 0 Å². The minimum Gasteiger partial charge on any atom is -0.466 e. The average Bonchev–Trinajstić information content (AvgIpc) is 2.78. The van der Waals surface area contributed by atoms with Crippen molar-refractivity contribution < 1.29 is 9.21 Å². The van der Waals surface area contributed by atoms with Gasteiger partial charge in [-0.25, -0.2) is 0 Å². The van der Waals surface area contributed by atoms with Gasteiger partial charge in [0.25, 0.3) is 5.91 Å². The van der Waals surface area contributed by atoms with Crippen LogP contribution < -0.4 is 5.32 Å². The predicted molar refractivity (Wildman–Crippen MR) is 81.3 cm³/mol. The van der Waals surface area contributed by atoms with Gasteiger partial charge in [-0.2, -0.15) is 0 Å². The van der Waals surface area contributed by atoms with Crippen LogP contribution in [0.3, 0.4) is 0 Å². The van der Waals surface area contributed by atoms with E-state index in [1.165, 1.54) is 5.56 Å². The number of aryl methyl sites for hydroxylation is 2. The largest absolute Gasteiger partial charge is 0.466 e. The summed E-state index contributed by atoms with van der Waals surface area (Å²) in [4.78, 5) is 12.2. The molecule has 1 aromatic carbocycles. The van der Waals surface area contributed by atoms with Crippen molar-refractivity contribution in [2.45, 2.75) is 40.0 Å². The van der Waals surface area contributed by atoms with E-state index in [0.717, 1.165) is 17.9 Å². The summed E-state index contributed by atoms with van der Waals surface area (Å²) < 4.78 is 5.38. The van der Waals surface area contributed by atoms with Crippen LogP contribution in [-0.4, -0.2) is 5.91 Å². The first-order chi connectivity index (χ1) is 9.51. The van der Waals surface area contributed by atoms with Gasteiger partial charge in [0.1, 0.15) is 11.5 Å². The molecule has 2 rings (SSSR count). The maximum Gasteiger partial charge on any atom is 0.259 e. The Morgan fingerprint density at radius 1 is 1.25 bits per heavy atom. The molecule has 1 amide bonds. The number of nitrogens with one attached hydrogen (secondary N) is 1. The van der Waals surface area contributed by atoms with Gasteiger partial charge in [-0.15, -0.1) is 0 Å². The summed E-state index contributed by atoms with van der Waals surface area (Å²) in [5.41, 5.74) is 2.69. The fraction of sp³-hybridized carbons (Fsp3) is 0.353. The van der Waals surface area contributed by atoms with Crippen LogP contribution in [0.25, 0.3) is 0 Å². The zero-order chi connectivity index (χ0) is 14.7. The van der Waals surface area contributed by atoms with Gasteiger partial charge in [0.05, 0.1) is 5.56 Å². The standard InChI is InChI=1S/C17H21NO2/c1-5-11(2)14-6-8-15(9-7-14)18-17(19)16-10-12(3)20-13(16)4/h6-11H,5H2,1-4H3,(H,18,19). The van der Waals surface area contributed by atoms with Crippen molar-refractivity contribution in [3.63, 3.8) is 0 Å². The van der Waals surface area contributed by atoms with Crippen LogP contribution in [-0.2, 0) is 0 Å². The van der Waals surface area contributed by atoms with E-state index in [2.05, 4.69) is 31.3 Å². The molecule has 1 unspecified atom stereocenters. The van der Waals surface area contributed by atoms with Crippen molar-refractivity contribution in [3.8, 4) is 0 Å². The van der Waals surface area contributed by atoms with E-state index >= 15 is 0 Å². The van der Waals surface area contributed by atoms with Crippen molar-refractivity contribution in [1.29, 1.82) is 0 Å². The molecule has 0 aliphatic heterocycles. The Labute approximate surface area is 120 Å². The summed E-state index contributed by atoms with van der Waals surface area (Å²) in [6.45, 7) is 8.01. The van der Waals surface area contributed by atoms with Crippen LogP contribution in [0.5, 0.6) is 0 Å². The first-order valence-electron chi connectivity index (χ1n) is 6.99. The number of hydrogen-bond donors (Lipinski definition) is 1. The molecule has 20 heavy (non-hydrogen) atoms. The van der Waals surface area contributed by atoms with E-state index < -0.39 is 0 Å². The number of benzene rings is 1. The molecule has 2 aromatic rings. The van der Waals surface area contributed by atoms with Gasteiger partial charge in [0.15, 0.2) is 0 Å². The highest BCUT2D eigenvalue weighted by Gasteiger charge is 2.13. The van der Waals surface area contributed by atoms with Crippen molar-refractivity contribution >= 4 is 11.6 Å². The molecule has 1 aromatic heterocycles. The second kappa shape index (κ2) is 5.95.